The van der Waals surface area contributed by atoms with Gasteiger partial charge in [-0.25, -0.2) is 4.98 Å². The van der Waals surface area contributed by atoms with Crippen molar-refractivity contribution < 1.29 is 4.79 Å². The summed E-state index contributed by atoms with van der Waals surface area (Å²) in [6.45, 7) is 1.85. The number of rotatable bonds is 2. The van der Waals surface area contributed by atoms with E-state index in [4.69, 9.17) is 17.3 Å². The predicted molar refractivity (Wildman–Crippen MR) is 70.6 cm³/mol. The van der Waals surface area contributed by atoms with Gasteiger partial charge >= 0.3 is 0 Å². The lowest BCUT2D eigenvalue weighted by atomic mass is 10.2. The second-order valence-corrected chi connectivity index (χ2v) is 4.14. The molecule has 0 atom stereocenters. The third-order valence-corrected chi connectivity index (χ3v) is 2.69. The fraction of sp³-hybridized carbons (Fsp3) is 0.0833. The molecular formula is C12H11ClN4O. The lowest BCUT2D eigenvalue weighted by Gasteiger charge is -2.08. The first kappa shape index (κ1) is 12.3. The number of carbonyl (C=O) groups excluding carboxylic acids is 1. The quantitative estimate of drug-likeness (QED) is 0.870. The average molecular weight is 263 g/mol. The summed E-state index contributed by atoms with van der Waals surface area (Å²) in [6.07, 6.45) is 4.62. The first-order valence-corrected chi connectivity index (χ1v) is 5.58. The number of nitrogens with two attached hydrogens (primary N) is 1. The Labute approximate surface area is 109 Å². The summed E-state index contributed by atoms with van der Waals surface area (Å²) in [5, 5.41) is 3.01. The van der Waals surface area contributed by atoms with Gasteiger partial charge in [-0.3, -0.25) is 9.78 Å². The molecule has 0 fully saturated rings. The van der Waals surface area contributed by atoms with E-state index in [9.17, 15) is 4.79 Å². The molecule has 2 rings (SSSR count). The summed E-state index contributed by atoms with van der Waals surface area (Å²) in [5.41, 5.74) is 7.37. The Hall–Kier alpha value is -2.14. The highest BCUT2D eigenvalue weighted by Crippen LogP contribution is 2.19. The van der Waals surface area contributed by atoms with Crippen molar-refractivity contribution in [3.8, 4) is 0 Å². The van der Waals surface area contributed by atoms with Crippen molar-refractivity contribution in [2.24, 2.45) is 0 Å². The summed E-state index contributed by atoms with van der Waals surface area (Å²) >= 11 is 5.91. The van der Waals surface area contributed by atoms with Crippen molar-refractivity contribution in [2.45, 2.75) is 6.92 Å². The molecule has 5 nitrogen and oxygen atoms in total. The van der Waals surface area contributed by atoms with Gasteiger partial charge < -0.3 is 11.1 Å². The van der Waals surface area contributed by atoms with E-state index in [1.54, 1.807) is 18.5 Å². The molecule has 0 unspecified atom stereocenters. The summed E-state index contributed by atoms with van der Waals surface area (Å²) in [6, 6.07) is 3.15. The summed E-state index contributed by atoms with van der Waals surface area (Å²) < 4.78 is 0. The fourth-order valence-electron chi connectivity index (χ4n) is 1.43. The van der Waals surface area contributed by atoms with Crippen molar-refractivity contribution in [3.05, 3.63) is 46.9 Å². The number of hydrogen-bond acceptors (Lipinski definition) is 4. The molecular weight excluding hydrogens is 252 g/mol. The van der Waals surface area contributed by atoms with E-state index in [2.05, 4.69) is 15.3 Å². The maximum absolute atomic E-state index is 12.0. The van der Waals surface area contributed by atoms with Crippen LogP contribution in [0.25, 0.3) is 0 Å². The van der Waals surface area contributed by atoms with Crippen LogP contribution in [0.15, 0.2) is 30.7 Å². The van der Waals surface area contributed by atoms with Crippen molar-refractivity contribution in [3.63, 3.8) is 0 Å². The van der Waals surface area contributed by atoms with Gasteiger partial charge in [0.1, 0.15) is 5.82 Å². The van der Waals surface area contributed by atoms with E-state index in [0.29, 0.717) is 11.3 Å². The van der Waals surface area contributed by atoms with Crippen LogP contribution >= 0.6 is 11.6 Å². The van der Waals surface area contributed by atoms with E-state index in [0.717, 1.165) is 5.56 Å². The minimum absolute atomic E-state index is 0.246. The Morgan fingerprint density at radius 3 is 2.94 bits per heavy atom. The lowest BCUT2D eigenvalue weighted by Crippen LogP contribution is -2.14. The van der Waals surface area contributed by atoms with E-state index in [-0.39, 0.29) is 16.7 Å². The Morgan fingerprint density at radius 1 is 1.44 bits per heavy atom. The summed E-state index contributed by atoms with van der Waals surface area (Å²) in [5.74, 6) is -0.0839. The molecule has 3 N–H and O–H groups in total. The Bertz CT molecular complexity index is 600. The zero-order chi connectivity index (χ0) is 13.1. The molecule has 0 saturated carbocycles. The van der Waals surface area contributed by atoms with Crippen molar-refractivity contribution >= 4 is 29.0 Å². The molecule has 6 heteroatoms. The molecule has 0 radical (unpaired) electrons. The molecule has 0 aliphatic carbocycles. The molecule has 0 aliphatic heterocycles. The van der Waals surface area contributed by atoms with Crippen LogP contribution in [0.4, 0.5) is 11.5 Å². The van der Waals surface area contributed by atoms with Gasteiger partial charge in [0.05, 0.1) is 10.6 Å². The van der Waals surface area contributed by atoms with Crippen LogP contribution in [0.1, 0.15) is 15.9 Å². The maximum atomic E-state index is 12.0. The van der Waals surface area contributed by atoms with Crippen LogP contribution in [0.3, 0.4) is 0 Å². The average Bonchev–Trinajstić information content (AvgIpc) is 2.35. The number of nitrogen functional groups attached to an aromatic ring is 1. The monoisotopic (exact) mass is 262 g/mol. The number of halogens is 1. The fourth-order valence-corrected chi connectivity index (χ4v) is 1.62. The minimum atomic E-state index is -0.330. The first-order valence-electron chi connectivity index (χ1n) is 5.21. The number of carbonyl (C=O) groups is 1. The number of aryl methyl sites for hydroxylation is 1. The molecule has 92 valence electrons. The highest BCUT2D eigenvalue weighted by Gasteiger charge is 2.12. The number of aromatic nitrogens is 2. The number of hydrogen-bond donors (Lipinski definition) is 2. The lowest BCUT2D eigenvalue weighted by molar-refractivity contribution is 0.102. The van der Waals surface area contributed by atoms with Gasteiger partial charge in [0.2, 0.25) is 0 Å². The van der Waals surface area contributed by atoms with E-state index < -0.39 is 0 Å². The van der Waals surface area contributed by atoms with Gasteiger partial charge in [0.25, 0.3) is 5.91 Å². The first-order chi connectivity index (χ1) is 8.58. The minimum Gasteiger partial charge on any atom is -0.384 e. The van der Waals surface area contributed by atoms with Gasteiger partial charge in [0, 0.05) is 24.3 Å². The SMILES string of the molecule is Cc1cnccc1NC(=O)c1cc(N)ncc1Cl. The molecule has 2 aromatic heterocycles. The van der Waals surface area contributed by atoms with Crippen LogP contribution in [-0.4, -0.2) is 15.9 Å². The van der Waals surface area contributed by atoms with E-state index in [1.165, 1.54) is 12.3 Å². The zero-order valence-electron chi connectivity index (χ0n) is 9.64. The van der Waals surface area contributed by atoms with Crippen molar-refractivity contribution in [1.82, 2.24) is 9.97 Å². The summed E-state index contributed by atoms with van der Waals surface area (Å²) in [7, 11) is 0. The highest BCUT2D eigenvalue weighted by atomic mass is 35.5. The van der Waals surface area contributed by atoms with E-state index >= 15 is 0 Å². The van der Waals surface area contributed by atoms with Crippen LogP contribution in [0.2, 0.25) is 5.02 Å². The topological polar surface area (TPSA) is 80.9 Å². The van der Waals surface area contributed by atoms with Crippen LogP contribution in [0.5, 0.6) is 0 Å². The van der Waals surface area contributed by atoms with Gasteiger partial charge in [-0.05, 0) is 24.6 Å². The molecule has 0 saturated heterocycles. The van der Waals surface area contributed by atoms with E-state index in [1.807, 2.05) is 6.92 Å². The zero-order valence-corrected chi connectivity index (χ0v) is 10.4. The van der Waals surface area contributed by atoms with Crippen LogP contribution in [0, 0.1) is 6.92 Å². The Morgan fingerprint density at radius 2 is 2.22 bits per heavy atom. The number of nitrogens with one attached hydrogen (secondary N) is 1. The Balaban J connectivity index is 2.28. The second-order valence-electron chi connectivity index (χ2n) is 3.73. The molecule has 0 aromatic carbocycles. The Kier molecular flexibility index (Phi) is 3.43. The van der Waals surface area contributed by atoms with Gasteiger partial charge in [0.15, 0.2) is 0 Å². The largest absolute Gasteiger partial charge is 0.384 e. The predicted octanol–water partition coefficient (Wildman–Crippen LogP) is 2.27. The molecule has 2 heterocycles. The van der Waals surface area contributed by atoms with Crippen molar-refractivity contribution in [1.29, 1.82) is 0 Å². The number of nitrogens with zero attached hydrogens (tertiary/aromatic N) is 2. The van der Waals surface area contributed by atoms with Crippen molar-refractivity contribution in [2.75, 3.05) is 11.1 Å². The third-order valence-electron chi connectivity index (χ3n) is 2.39. The molecule has 2 aromatic rings. The van der Waals surface area contributed by atoms with Crippen LogP contribution in [-0.2, 0) is 0 Å². The van der Waals surface area contributed by atoms with Gasteiger partial charge in [-0.15, -0.1) is 0 Å². The number of anilines is 2. The van der Waals surface area contributed by atoms with Crippen LogP contribution < -0.4 is 11.1 Å². The summed E-state index contributed by atoms with van der Waals surface area (Å²) in [4.78, 5) is 19.8. The second kappa shape index (κ2) is 5.01. The smallest absolute Gasteiger partial charge is 0.257 e. The normalized spacial score (nSPS) is 10.1. The molecule has 0 spiro atoms. The highest BCUT2D eigenvalue weighted by molar-refractivity contribution is 6.34. The molecule has 0 aliphatic rings. The maximum Gasteiger partial charge on any atom is 0.257 e. The van der Waals surface area contributed by atoms with Gasteiger partial charge in [-0.2, -0.15) is 0 Å². The third kappa shape index (κ3) is 2.57. The number of amides is 1. The number of pyridine rings is 2. The molecule has 1 amide bonds. The molecule has 0 bridgehead atoms. The molecule has 18 heavy (non-hydrogen) atoms. The van der Waals surface area contributed by atoms with Gasteiger partial charge in [-0.1, -0.05) is 11.6 Å². The standard InChI is InChI=1S/C12H11ClN4O/c1-7-5-15-3-2-10(7)17-12(18)8-4-11(14)16-6-9(8)13/h2-6H,1H3,(H2,14,16)(H,15,17,18).